The van der Waals surface area contributed by atoms with Gasteiger partial charge in [-0.25, -0.2) is 4.79 Å². The molecule has 20 heavy (non-hydrogen) atoms. The number of hydrogen-bond acceptors (Lipinski definition) is 4. The molecule has 0 bridgehead atoms. The zero-order valence-corrected chi connectivity index (χ0v) is 12.4. The van der Waals surface area contributed by atoms with Crippen LogP contribution in [0.15, 0.2) is 10.7 Å². The molecule has 2 heterocycles. The lowest BCUT2D eigenvalue weighted by Gasteiger charge is -2.14. The lowest BCUT2D eigenvalue weighted by molar-refractivity contribution is 0.0693. The molecule has 0 radical (unpaired) electrons. The summed E-state index contributed by atoms with van der Waals surface area (Å²) in [4.78, 5) is 11.6. The molecule has 6 nitrogen and oxygen atoms in total. The minimum atomic E-state index is -1.03. The first kappa shape index (κ1) is 14.3. The third-order valence-electron chi connectivity index (χ3n) is 3.08. The number of carboxylic acids is 1. The van der Waals surface area contributed by atoms with Crippen molar-refractivity contribution in [3.8, 4) is 11.3 Å². The normalized spacial score (nSPS) is 11.8. The fraction of sp³-hybridized carbons (Fsp3) is 0.500. The van der Waals surface area contributed by atoms with Crippen LogP contribution in [0.2, 0.25) is 0 Å². The molecule has 0 amide bonds. The maximum Gasteiger partial charge on any atom is 0.341 e. The number of nitrogens with zero attached hydrogens (tertiary/aromatic N) is 3. The van der Waals surface area contributed by atoms with Gasteiger partial charge in [0, 0.05) is 24.2 Å². The van der Waals surface area contributed by atoms with E-state index >= 15 is 0 Å². The number of hydrogen-bond donors (Lipinski definition) is 1. The third kappa shape index (κ3) is 2.33. The van der Waals surface area contributed by atoms with Crippen molar-refractivity contribution in [1.29, 1.82) is 0 Å². The molecule has 0 aromatic carbocycles. The van der Waals surface area contributed by atoms with E-state index in [0.717, 1.165) is 5.69 Å². The Balaban J connectivity index is 2.69. The highest BCUT2D eigenvalue weighted by molar-refractivity contribution is 5.96. The van der Waals surface area contributed by atoms with Crippen LogP contribution < -0.4 is 0 Å². The summed E-state index contributed by atoms with van der Waals surface area (Å²) < 4.78 is 6.97. The van der Waals surface area contributed by atoms with Crippen molar-refractivity contribution in [2.45, 2.75) is 39.5 Å². The number of rotatable bonds is 3. The highest BCUT2D eigenvalue weighted by atomic mass is 16.5. The Morgan fingerprint density at radius 2 is 2.10 bits per heavy atom. The van der Waals surface area contributed by atoms with Crippen LogP contribution in [-0.2, 0) is 18.9 Å². The Bertz CT molecular complexity index is 647. The minimum absolute atomic E-state index is 0.125. The molecule has 2 rings (SSSR count). The van der Waals surface area contributed by atoms with E-state index in [2.05, 4.69) is 10.3 Å². The second-order valence-corrected chi connectivity index (χ2v) is 5.81. The van der Waals surface area contributed by atoms with Crippen molar-refractivity contribution in [2.24, 2.45) is 7.05 Å². The number of carbonyl (C=O) groups is 1. The van der Waals surface area contributed by atoms with Crippen molar-refractivity contribution < 1.29 is 14.4 Å². The van der Waals surface area contributed by atoms with Gasteiger partial charge in [-0.3, -0.25) is 4.68 Å². The van der Waals surface area contributed by atoms with Gasteiger partial charge >= 0.3 is 5.97 Å². The van der Waals surface area contributed by atoms with Crippen LogP contribution in [0.1, 0.15) is 49.5 Å². The van der Waals surface area contributed by atoms with E-state index in [1.807, 2.05) is 27.7 Å². The molecular formula is C14H19N3O3. The number of aromatic nitrogens is 3. The number of aryl methyl sites for hydroxylation is 2. The van der Waals surface area contributed by atoms with E-state index < -0.39 is 11.4 Å². The lowest BCUT2D eigenvalue weighted by atomic mass is 9.89. The smallest absolute Gasteiger partial charge is 0.341 e. The summed E-state index contributed by atoms with van der Waals surface area (Å²) in [6.45, 7) is 7.66. The maximum absolute atomic E-state index is 11.6. The summed E-state index contributed by atoms with van der Waals surface area (Å²) in [7, 11) is 1.80. The molecule has 0 atom stereocenters. The highest BCUT2D eigenvalue weighted by Gasteiger charge is 2.32. The monoisotopic (exact) mass is 277 g/mol. The minimum Gasteiger partial charge on any atom is -0.477 e. The quantitative estimate of drug-likeness (QED) is 0.932. The fourth-order valence-electron chi connectivity index (χ4n) is 2.18. The average molecular weight is 277 g/mol. The topological polar surface area (TPSA) is 81.2 Å². The van der Waals surface area contributed by atoms with Crippen molar-refractivity contribution in [2.75, 3.05) is 0 Å². The molecule has 0 fully saturated rings. The van der Waals surface area contributed by atoms with Gasteiger partial charge in [-0.2, -0.15) is 5.10 Å². The van der Waals surface area contributed by atoms with E-state index in [-0.39, 0.29) is 5.56 Å². The highest BCUT2D eigenvalue weighted by Crippen LogP contribution is 2.34. The van der Waals surface area contributed by atoms with Gasteiger partial charge in [0.2, 0.25) is 0 Å². The molecule has 2 aromatic heterocycles. The van der Waals surface area contributed by atoms with Gasteiger partial charge < -0.3 is 9.63 Å². The maximum atomic E-state index is 11.6. The Hall–Kier alpha value is -2.11. The molecule has 6 heteroatoms. The van der Waals surface area contributed by atoms with Gasteiger partial charge in [0.1, 0.15) is 11.3 Å². The first-order valence-electron chi connectivity index (χ1n) is 6.52. The van der Waals surface area contributed by atoms with Gasteiger partial charge in [-0.1, -0.05) is 32.9 Å². The van der Waals surface area contributed by atoms with Crippen LogP contribution in [0.25, 0.3) is 11.3 Å². The van der Waals surface area contributed by atoms with Crippen LogP contribution in [0.4, 0.5) is 0 Å². The standard InChI is InChI=1S/C14H19N3O3/c1-6-9-8(7-17(5)15-9)11-10(13(18)19)12(20-16-11)14(2,3)4/h7H,6H2,1-5H3,(H,18,19). The summed E-state index contributed by atoms with van der Waals surface area (Å²) in [5.41, 5.74) is 1.58. The molecular weight excluding hydrogens is 258 g/mol. The molecule has 1 N–H and O–H groups in total. The van der Waals surface area contributed by atoms with Crippen LogP contribution in [-0.4, -0.2) is 26.0 Å². The Kier molecular flexibility index (Phi) is 3.41. The van der Waals surface area contributed by atoms with Crippen molar-refractivity contribution in [3.63, 3.8) is 0 Å². The Labute approximate surface area is 117 Å². The van der Waals surface area contributed by atoms with E-state index in [1.54, 1.807) is 17.9 Å². The second-order valence-electron chi connectivity index (χ2n) is 5.81. The summed E-state index contributed by atoms with van der Waals surface area (Å²) >= 11 is 0. The van der Waals surface area contributed by atoms with Gasteiger partial charge in [-0.05, 0) is 6.42 Å². The Morgan fingerprint density at radius 1 is 1.45 bits per heavy atom. The summed E-state index contributed by atoms with van der Waals surface area (Å²) in [5.74, 6) is -0.650. The van der Waals surface area contributed by atoms with Gasteiger partial charge in [0.05, 0.1) is 5.69 Å². The number of aromatic carboxylic acids is 1. The average Bonchev–Trinajstić information content (AvgIpc) is 2.90. The summed E-state index contributed by atoms with van der Waals surface area (Å²) in [6.07, 6.45) is 2.47. The molecule has 0 unspecified atom stereocenters. The zero-order valence-electron chi connectivity index (χ0n) is 12.4. The third-order valence-corrected chi connectivity index (χ3v) is 3.08. The molecule has 0 saturated heterocycles. The summed E-state index contributed by atoms with van der Waals surface area (Å²) in [6, 6.07) is 0. The second kappa shape index (κ2) is 4.77. The first-order chi connectivity index (χ1) is 9.25. The van der Waals surface area contributed by atoms with E-state index in [9.17, 15) is 9.90 Å². The van der Waals surface area contributed by atoms with Crippen molar-refractivity contribution >= 4 is 5.97 Å². The largest absolute Gasteiger partial charge is 0.477 e. The number of carboxylic acid groups (broad SMARTS) is 1. The molecule has 2 aromatic rings. The van der Waals surface area contributed by atoms with Crippen molar-refractivity contribution in [1.82, 2.24) is 14.9 Å². The predicted molar refractivity (Wildman–Crippen MR) is 73.7 cm³/mol. The van der Waals surface area contributed by atoms with Gasteiger partial charge in [0.15, 0.2) is 5.76 Å². The van der Waals surface area contributed by atoms with Crippen LogP contribution in [0.3, 0.4) is 0 Å². The zero-order chi connectivity index (χ0) is 15.1. The van der Waals surface area contributed by atoms with Crippen LogP contribution >= 0.6 is 0 Å². The molecule has 0 spiro atoms. The summed E-state index contributed by atoms with van der Waals surface area (Å²) in [5, 5.41) is 17.8. The lowest BCUT2D eigenvalue weighted by Crippen LogP contribution is -2.15. The molecule has 108 valence electrons. The van der Waals surface area contributed by atoms with E-state index in [0.29, 0.717) is 23.4 Å². The van der Waals surface area contributed by atoms with Crippen LogP contribution in [0.5, 0.6) is 0 Å². The van der Waals surface area contributed by atoms with Crippen molar-refractivity contribution in [3.05, 3.63) is 23.2 Å². The molecule has 0 aliphatic rings. The molecule has 0 aliphatic carbocycles. The Morgan fingerprint density at radius 3 is 2.60 bits per heavy atom. The van der Waals surface area contributed by atoms with E-state index in [4.69, 9.17) is 4.52 Å². The van der Waals surface area contributed by atoms with Crippen LogP contribution in [0, 0.1) is 0 Å². The fourth-order valence-corrected chi connectivity index (χ4v) is 2.18. The predicted octanol–water partition coefficient (Wildman–Crippen LogP) is 2.63. The van der Waals surface area contributed by atoms with Gasteiger partial charge in [-0.15, -0.1) is 0 Å². The van der Waals surface area contributed by atoms with E-state index in [1.165, 1.54) is 0 Å². The first-order valence-corrected chi connectivity index (χ1v) is 6.52. The molecule has 0 saturated carbocycles. The molecule has 0 aliphatic heterocycles. The van der Waals surface area contributed by atoms with Gasteiger partial charge in [0.25, 0.3) is 0 Å². The SMILES string of the molecule is CCc1nn(C)cc1-c1noc(C(C)(C)C)c1C(=O)O.